The number of nitrogens with zero attached hydrogens (tertiary/aromatic N) is 4. The molecule has 0 amide bonds. The molecule has 1 atom stereocenters. The van der Waals surface area contributed by atoms with Crippen LogP contribution in [0.1, 0.15) is 38.0 Å². The van der Waals surface area contributed by atoms with Crippen molar-refractivity contribution in [3.05, 3.63) is 72.1 Å². The molecule has 0 fully saturated rings. The molecule has 0 saturated carbocycles. The second-order valence-corrected chi connectivity index (χ2v) is 8.40. The summed E-state index contributed by atoms with van der Waals surface area (Å²) in [6.45, 7) is 2.12. The first-order chi connectivity index (χ1) is 15.2. The molecule has 0 spiro atoms. The topological polar surface area (TPSA) is 82.2 Å². The Balaban J connectivity index is 1.44. The minimum Gasteiger partial charge on any atom is -0.452 e. The van der Waals surface area contributed by atoms with Crippen molar-refractivity contribution in [2.75, 3.05) is 5.73 Å². The van der Waals surface area contributed by atoms with Gasteiger partial charge in [0.05, 0.1) is 12.2 Å². The van der Waals surface area contributed by atoms with Gasteiger partial charge in [-0.2, -0.15) is 5.10 Å². The molecular weight excluding hydrogens is 386 g/mol. The zero-order valence-corrected chi connectivity index (χ0v) is 17.3. The number of nitrogens with two attached hydrogens (primary N) is 1. The summed E-state index contributed by atoms with van der Waals surface area (Å²) in [7, 11) is 0. The number of fused-ring (bicyclic) bond motifs is 2. The number of pyridine rings is 1. The summed E-state index contributed by atoms with van der Waals surface area (Å²) in [6, 6.07) is 2.50. The van der Waals surface area contributed by atoms with Crippen molar-refractivity contribution < 1.29 is 4.42 Å². The Morgan fingerprint density at radius 3 is 2.90 bits per heavy atom. The normalized spacial score (nSPS) is 20.7. The summed E-state index contributed by atoms with van der Waals surface area (Å²) in [6.07, 6.45) is 21.5. The van der Waals surface area contributed by atoms with Crippen molar-refractivity contribution >= 4 is 28.6 Å². The number of furan rings is 1. The van der Waals surface area contributed by atoms with Gasteiger partial charge in [-0.25, -0.2) is 4.98 Å². The van der Waals surface area contributed by atoms with Crippen LogP contribution >= 0.6 is 0 Å². The van der Waals surface area contributed by atoms with Crippen LogP contribution in [0.3, 0.4) is 0 Å². The third-order valence-electron chi connectivity index (χ3n) is 6.43. The SMILES string of the molecule is CC1=CN=CC2=CCC=C(c3cc4c(-c5cnn(C6CC=CC6)c5)cnc(N)c4o3)C12. The molecule has 2 N–H and O–H groups in total. The molecule has 154 valence electrons. The van der Waals surface area contributed by atoms with Gasteiger partial charge in [0.2, 0.25) is 0 Å². The highest BCUT2D eigenvalue weighted by molar-refractivity contribution is 6.00. The fourth-order valence-electron chi connectivity index (χ4n) is 4.84. The van der Waals surface area contributed by atoms with Gasteiger partial charge in [0.25, 0.3) is 0 Å². The molecule has 3 aliphatic rings. The molecule has 31 heavy (non-hydrogen) atoms. The van der Waals surface area contributed by atoms with E-state index in [1.54, 1.807) is 0 Å². The third-order valence-corrected chi connectivity index (χ3v) is 6.43. The van der Waals surface area contributed by atoms with Crippen LogP contribution in [-0.4, -0.2) is 21.0 Å². The molecule has 4 heterocycles. The number of aromatic nitrogens is 3. The third kappa shape index (κ3) is 2.90. The summed E-state index contributed by atoms with van der Waals surface area (Å²) in [5.41, 5.74) is 12.4. The Kier molecular flexibility index (Phi) is 4.06. The van der Waals surface area contributed by atoms with Crippen LogP contribution in [0, 0.1) is 5.92 Å². The van der Waals surface area contributed by atoms with E-state index >= 15 is 0 Å². The van der Waals surface area contributed by atoms with Crippen LogP contribution in [0.5, 0.6) is 0 Å². The standard InChI is InChI=1S/C25H23N5O/c1-15-10-27-11-16-5-4-8-19(23(15)16)22-9-20-21(13-28-25(26)24(20)31-22)17-12-29-30(14-17)18-6-2-3-7-18/h2-3,5,8-14,18,23H,4,6-7H2,1H3,(H2,26,28). The lowest BCUT2D eigenvalue weighted by Gasteiger charge is -2.26. The van der Waals surface area contributed by atoms with E-state index in [1.165, 1.54) is 11.1 Å². The van der Waals surface area contributed by atoms with Crippen molar-refractivity contribution in [1.29, 1.82) is 0 Å². The highest BCUT2D eigenvalue weighted by Crippen LogP contribution is 2.43. The molecule has 0 radical (unpaired) electrons. The van der Waals surface area contributed by atoms with Gasteiger partial charge < -0.3 is 10.2 Å². The maximum atomic E-state index is 6.31. The Bertz CT molecular complexity index is 1340. The first-order valence-corrected chi connectivity index (χ1v) is 10.7. The highest BCUT2D eigenvalue weighted by atomic mass is 16.3. The van der Waals surface area contributed by atoms with Gasteiger partial charge in [-0.15, -0.1) is 0 Å². The lowest BCUT2D eigenvalue weighted by Crippen LogP contribution is -2.14. The van der Waals surface area contributed by atoms with E-state index in [-0.39, 0.29) is 5.92 Å². The second-order valence-electron chi connectivity index (χ2n) is 8.40. The van der Waals surface area contributed by atoms with Crippen molar-refractivity contribution in [2.24, 2.45) is 10.9 Å². The van der Waals surface area contributed by atoms with E-state index in [0.717, 1.165) is 47.1 Å². The lowest BCUT2D eigenvalue weighted by atomic mass is 9.79. The van der Waals surface area contributed by atoms with E-state index in [0.29, 0.717) is 17.4 Å². The molecule has 2 aliphatic carbocycles. The minimum atomic E-state index is 0.169. The Hall–Kier alpha value is -3.67. The molecule has 6 heteroatoms. The molecular formula is C25H23N5O. The molecule has 6 nitrogen and oxygen atoms in total. The van der Waals surface area contributed by atoms with Crippen molar-refractivity contribution in [3.63, 3.8) is 0 Å². The zero-order valence-electron chi connectivity index (χ0n) is 17.3. The number of aliphatic imine (C=N–C) groups is 1. The molecule has 1 unspecified atom stereocenters. The monoisotopic (exact) mass is 409 g/mol. The van der Waals surface area contributed by atoms with Crippen LogP contribution in [0.15, 0.2) is 75.7 Å². The van der Waals surface area contributed by atoms with Gasteiger partial charge in [0, 0.05) is 52.8 Å². The maximum absolute atomic E-state index is 6.31. The minimum absolute atomic E-state index is 0.169. The van der Waals surface area contributed by atoms with Crippen LogP contribution < -0.4 is 5.73 Å². The number of nitrogen functional groups attached to an aromatic ring is 1. The molecule has 0 saturated heterocycles. The molecule has 0 aromatic carbocycles. The van der Waals surface area contributed by atoms with Crippen molar-refractivity contribution in [3.8, 4) is 11.1 Å². The Morgan fingerprint density at radius 2 is 2.03 bits per heavy atom. The fraction of sp³-hybridized carbons (Fsp3) is 0.240. The van der Waals surface area contributed by atoms with E-state index in [9.17, 15) is 0 Å². The van der Waals surface area contributed by atoms with E-state index in [4.69, 9.17) is 10.2 Å². The van der Waals surface area contributed by atoms with Crippen LogP contribution in [0.4, 0.5) is 5.82 Å². The average molecular weight is 409 g/mol. The first kappa shape index (κ1) is 18.1. The number of hydrogen-bond donors (Lipinski definition) is 1. The number of rotatable bonds is 3. The predicted molar refractivity (Wildman–Crippen MR) is 123 cm³/mol. The van der Waals surface area contributed by atoms with Gasteiger partial charge in [0.15, 0.2) is 11.4 Å². The van der Waals surface area contributed by atoms with Gasteiger partial charge in [0.1, 0.15) is 5.76 Å². The Labute approximate surface area is 180 Å². The maximum Gasteiger partial charge on any atom is 0.177 e. The van der Waals surface area contributed by atoms with E-state index in [1.807, 2.05) is 24.8 Å². The second kappa shape index (κ2) is 6.94. The largest absolute Gasteiger partial charge is 0.452 e. The molecule has 1 aliphatic heterocycles. The van der Waals surface area contributed by atoms with E-state index < -0.39 is 0 Å². The summed E-state index contributed by atoms with van der Waals surface area (Å²) in [5.74, 6) is 1.41. The zero-order chi connectivity index (χ0) is 20.9. The molecule has 3 aromatic heterocycles. The molecule has 0 bridgehead atoms. The quantitative estimate of drug-likeness (QED) is 0.581. The van der Waals surface area contributed by atoms with Crippen LogP contribution in [-0.2, 0) is 0 Å². The van der Waals surface area contributed by atoms with Gasteiger partial charge in [-0.1, -0.05) is 24.3 Å². The summed E-state index contributed by atoms with van der Waals surface area (Å²) in [5, 5.41) is 5.58. The van der Waals surface area contributed by atoms with Gasteiger partial charge in [-0.3, -0.25) is 9.67 Å². The summed E-state index contributed by atoms with van der Waals surface area (Å²) >= 11 is 0. The predicted octanol–water partition coefficient (Wildman–Crippen LogP) is 5.48. The van der Waals surface area contributed by atoms with Gasteiger partial charge in [-0.05, 0) is 43.4 Å². The van der Waals surface area contributed by atoms with Crippen LogP contribution in [0.2, 0.25) is 0 Å². The molecule has 6 rings (SSSR count). The number of anilines is 1. The summed E-state index contributed by atoms with van der Waals surface area (Å²) < 4.78 is 8.36. The van der Waals surface area contributed by atoms with E-state index in [2.05, 4.69) is 63.2 Å². The van der Waals surface area contributed by atoms with Crippen molar-refractivity contribution in [1.82, 2.24) is 14.8 Å². The van der Waals surface area contributed by atoms with Crippen LogP contribution in [0.25, 0.3) is 27.7 Å². The number of allylic oxidation sites excluding steroid dienone is 7. The molecule has 3 aromatic rings. The highest BCUT2D eigenvalue weighted by Gasteiger charge is 2.28. The van der Waals surface area contributed by atoms with Crippen molar-refractivity contribution in [2.45, 2.75) is 32.2 Å². The first-order valence-electron chi connectivity index (χ1n) is 10.7. The van der Waals surface area contributed by atoms with Gasteiger partial charge >= 0.3 is 0 Å². The summed E-state index contributed by atoms with van der Waals surface area (Å²) in [4.78, 5) is 8.78. The average Bonchev–Trinajstić information content (AvgIpc) is 3.54. The smallest absolute Gasteiger partial charge is 0.177 e. The lowest BCUT2D eigenvalue weighted by molar-refractivity contribution is 0.481. The Morgan fingerprint density at radius 1 is 1.16 bits per heavy atom. The fourth-order valence-corrected chi connectivity index (χ4v) is 4.84. The number of hydrogen-bond acceptors (Lipinski definition) is 5.